The van der Waals surface area contributed by atoms with E-state index < -0.39 is 18.2 Å². The van der Waals surface area contributed by atoms with E-state index in [1.54, 1.807) is 4.90 Å². The van der Waals surface area contributed by atoms with Crippen LogP contribution in [0.4, 0.5) is 10.5 Å². The molecular formula is C27H31N3O5. The molecule has 1 saturated carbocycles. The Morgan fingerprint density at radius 1 is 1.06 bits per heavy atom. The second-order valence-electron chi connectivity index (χ2n) is 9.66. The van der Waals surface area contributed by atoms with Gasteiger partial charge in [0.2, 0.25) is 0 Å². The van der Waals surface area contributed by atoms with E-state index in [4.69, 9.17) is 9.72 Å². The lowest BCUT2D eigenvalue weighted by Crippen LogP contribution is -2.42. The number of aliphatic hydroxyl groups is 1. The predicted molar refractivity (Wildman–Crippen MR) is 132 cm³/mol. The Hall–Kier alpha value is -3.39. The van der Waals surface area contributed by atoms with Crippen LogP contribution in [0.1, 0.15) is 68.1 Å². The first-order valence-corrected chi connectivity index (χ1v) is 12.3. The fourth-order valence-electron chi connectivity index (χ4n) is 5.73. The lowest BCUT2D eigenvalue weighted by Gasteiger charge is -2.34. The minimum atomic E-state index is -0.921. The molecule has 2 N–H and O–H groups in total. The normalized spacial score (nSPS) is 23.1. The summed E-state index contributed by atoms with van der Waals surface area (Å²) in [7, 11) is 1.39. The zero-order valence-corrected chi connectivity index (χ0v) is 20.1. The molecule has 0 bridgehead atoms. The standard InChI is InChI=1S/C27H31N3O5/c1-16-8-13-20-21(29(16)27(34)35-2)14-15-22-23(20)28-25(24(31)17-6-4-3-5-7-17)30(22)19-11-9-18(10-12-19)26(32)33/h3-7,14-16,18-19,24,31H,8-13H2,1-2H3,(H,32,33)/t16-,18-,19-,24+/m0/s1. The van der Waals surface area contributed by atoms with Crippen LogP contribution >= 0.6 is 0 Å². The van der Waals surface area contributed by atoms with Crippen LogP contribution in [-0.2, 0) is 16.0 Å². The second-order valence-corrected chi connectivity index (χ2v) is 9.66. The third-order valence-electron chi connectivity index (χ3n) is 7.62. The van der Waals surface area contributed by atoms with E-state index in [0.29, 0.717) is 31.5 Å². The summed E-state index contributed by atoms with van der Waals surface area (Å²) in [5.41, 5.74) is 4.22. The average molecular weight is 478 g/mol. The number of hydrogen-bond donors (Lipinski definition) is 2. The first kappa shape index (κ1) is 23.4. The number of benzene rings is 2. The molecule has 0 saturated heterocycles. The first-order valence-electron chi connectivity index (χ1n) is 12.3. The lowest BCUT2D eigenvalue weighted by atomic mass is 9.85. The number of carbonyl (C=O) groups is 2. The number of methoxy groups -OCH3 is 1. The molecule has 5 rings (SSSR count). The predicted octanol–water partition coefficient (Wildman–Crippen LogP) is 4.84. The van der Waals surface area contributed by atoms with Crippen molar-refractivity contribution in [2.75, 3.05) is 12.0 Å². The maximum Gasteiger partial charge on any atom is 0.414 e. The Morgan fingerprint density at radius 3 is 2.43 bits per heavy atom. The number of hydrogen-bond acceptors (Lipinski definition) is 5. The van der Waals surface area contributed by atoms with Gasteiger partial charge in [-0.1, -0.05) is 30.3 Å². The Bertz CT molecular complexity index is 1250. The van der Waals surface area contributed by atoms with Crippen molar-refractivity contribution in [3.05, 3.63) is 59.4 Å². The number of ether oxygens (including phenoxy) is 1. The largest absolute Gasteiger partial charge is 0.481 e. The van der Waals surface area contributed by atoms with Gasteiger partial charge in [0.1, 0.15) is 11.9 Å². The van der Waals surface area contributed by atoms with Crippen molar-refractivity contribution in [2.45, 2.75) is 63.6 Å². The minimum Gasteiger partial charge on any atom is -0.481 e. The van der Waals surface area contributed by atoms with Crippen LogP contribution in [0.15, 0.2) is 42.5 Å². The number of aliphatic carboxylic acids is 1. The number of carboxylic acids is 1. The van der Waals surface area contributed by atoms with Gasteiger partial charge in [0.25, 0.3) is 0 Å². The van der Waals surface area contributed by atoms with Crippen molar-refractivity contribution >= 4 is 28.8 Å². The molecule has 8 heteroatoms. The fourth-order valence-corrected chi connectivity index (χ4v) is 5.73. The molecule has 0 spiro atoms. The van der Waals surface area contributed by atoms with Crippen LogP contribution in [0, 0.1) is 5.92 Å². The van der Waals surface area contributed by atoms with Crippen LogP contribution in [0.25, 0.3) is 11.0 Å². The van der Waals surface area contributed by atoms with E-state index in [-0.39, 0.29) is 18.0 Å². The van der Waals surface area contributed by atoms with Crippen molar-refractivity contribution < 1.29 is 24.5 Å². The molecule has 2 atom stereocenters. The van der Waals surface area contributed by atoms with E-state index >= 15 is 0 Å². The molecule has 2 aliphatic rings. The van der Waals surface area contributed by atoms with Crippen molar-refractivity contribution in [1.29, 1.82) is 0 Å². The number of aliphatic hydroxyl groups excluding tert-OH is 1. The number of carboxylic acid groups (broad SMARTS) is 1. The molecule has 1 fully saturated rings. The highest BCUT2D eigenvalue weighted by atomic mass is 16.5. The van der Waals surface area contributed by atoms with Crippen LogP contribution in [0.5, 0.6) is 0 Å². The first-order chi connectivity index (χ1) is 16.9. The van der Waals surface area contributed by atoms with Gasteiger partial charge in [-0.15, -0.1) is 0 Å². The summed E-state index contributed by atoms with van der Waals surface area (Å²) in [6.07, 6.45) is 2.85. The lowest BCUT2D eigenvalue weighted by molar-refractivity contribution is -0.143. The third kappa shape index (κ3) is 4.05. The molecule has 184 valence electrons. The van der Waals surface area contributed by atoms with Crippen LogP contribution in [-0.4, -0.2) is 45.0 Å². The van der Waals surface area contributed by atoms with Crippen molar-refractivity contribution in [2.24, 2.45) is 5.92 Å². The number of aryl methyl sites for hydroxylation is 1. The van der Waals surface area contributed by atoms with Gasteiger partial charge in [-0.25, -0.2) is 9.78 Å². The summed E-state index contributed by atoms with van der Waals surface area (Å²) in [4.78, 5) is 30.8. The number of nitrogens with zero attached hydrogens (tertiary/aromatic N) is 3. The molecule has 1 aliphatic carbocycles. The number of carbonyl (C=O) groups excluding carboxylic acids is 1. The molecule has 0 radical (unpaired) electrons. The summed E-state index contributed by atoms with van der Waals surface area (Å²) >= 11 is 0. The van der Waals surface area contributed by atoms with E-state index in [1.807, 2.05) is 49.4 Å². The quantitative estimate of drug-likeness (QED) is 0.557. The Labute approximate surface area is 204 Å². The maximum atomic E-state index is 12.6. The third-order valence-corrected chi connectivity index (χ3v) is 7.62. The zero-order chi connectivity index (χ0) is 24.7. The van der Waals surface area contributed by atoms with Gasteiger partial charge in [0.15, 0.2) is 0 Å². The molecule has 35 heavy (non-hydrogen) atoms. The summed E-state index contributed by atoms with van der Waals surface area (Å²) < 4.78 is 7.17. The maximum absolute atomic E-state index is 12.6. The summed E-state index contributed by atoms with van der Waals surface area (Å²) in [5.74, 6) is -0.511. The molecule has 2 heterocycles. The molecule has 2 aromatic carbocycles. The molecule has 1 amide bonds. The highest BCUT2D eigenvalue weighted by Crippen LogP contribution is 2.42. The van der Waals surface area contributed by atoms with Gasteiger partial charge in [0, 0.05) is 17.6 Å². The number of imidazole rings is 1. The van der Waals surface area contributed by atoms with Gasteiger partial charge < -0.3 is 19.5 Å². The number of anilines is 1. The summed E-state index contributed by atoms with van der Waals surface area (Å²) in [5, 5.41) is 20.9. The summed E-state index contributed by atoms with van der Waals surface area (Å²) in [6, 6.07) is 13.4. The SMILES string of the molecule is COC(=O)N1c2ccc3c(nc([C@H](O)c4ccccc4)n3[C@H]3CC[C@H](C(=O)O)CC3)c2CC[C@@H]1C. The van der Waals surface area contributed by atoms with Crippen molar-refractivity contribution in [3.63, 3.8) is 0 Å². The molecular weight excluding hydrogens is 446 g/mol. The molecule has 3 aromatic rings. The van der Waals surface area contributed by atoms with Gasteiger partial charge in [0.05, 0.1) is 29.7 Å². The fraction of sp³-hybridized carbons (Fsp3) is 0.444. The summed E-state index contributed by atoms with van der Waals surface area (Å²) in [6.45, 7) is 2.01. The number of rotatable bonds is 4. The van der Waals surface area contributed by atoms with Crippen LogP contribution in [0.2, 0.25) is 0 Å². The van der Waals surface area contributed by atoms with Crippen LogP contribution < -0.4 is 4.90 Å². The Kier molecular flexibility index (Phi) is 6.23. The molecule has 1 aromatic heterocycles. The van der Waals surface area contributed by atoms with Crippen LogP contribution in [0.3, 0.4) is 0 Å². The van der Waals surface area contributed by atoms with Gasteiger partial charge >= 0.3 is 12.1 Å². The monoisotopic (exact) mass is 477 g/mol. The van der Waals surface area contributed by atoms with Gasteiger partial charge in [-0.05, 0) is 63.1 Å². The molecule has 1 aliphatic heterocycles. The van der Waals surface area contributed by atoms with Gasteiger partial charge in [-0.2, -0.15) is 0 Å². The number of aromatic nitrogens is 2. The molecule has 8 nitrogen and oxygen atoms in total. The van der Waals surface area contributed by atoms with E-state index in [0.717, 1.165) is 40.7 Å². The Balaban J connectivity index is 1.65. The zero-order valence-electron chi connectivity index (χ0n) is 20.1. The number of fused-ring (bicyclic) bond motifs is 3. The highest BCUT2D eigenvalue weighted by molar-refractivity contribution is 5.95. The topological polar surface area (TPSA) is 105 Å². The average Bonchev–Trinajstić information content (AvgIpc) is 3.28. The highest BCUT2D eigenvalue weighted by Gasteiger charge is 2.34. The van der Waals surface area contributed by atoms with E-state index in [2.05, 4.69) is 4.57 Å². The second kappa shape index (κ2) is 9.34. The van der Waals surface area contributed by atoms with Crippen molar-refractivity contribution in [3.8, 4) is 0 Å². The minimum absolute atomic E-state index is 0.00941. The molecule has 0 unspecified atom stereocenters. The van der Waals surface area contributed by atoms with Gasteiger partial charge in [-0.3, -0.25) is 9.69 Å². The van der Waals surface area contributed by atoms with E-state index in [1.165, 1.54) is 7.11 Å². The van der Waals surface area contributed by atoms with E-state index in [9.17, 15) is 19.8 Å². The van der Waals surface area contributed by atoms with Crippen molar-refractivity contribution in [1.82, 2.24) is 9.55 Å². The smallest absolute Gasteiger partial charge is 0.414 e. The Morgan fingerprint density at radius 2 is 1.77 bits per heavy atom. The number of amides is 1.